The minimum atomic E-state index is -0.956. The van der Waals surface area contributed by atoms with Crippen LogP contribution in [0, 0.1) is 6.92 Å². The van der Waals surface area contributed by atoms with Crippen molar-refractivity contribution < 1.29 is 19.4 Å². The summed E-state index contributed by atoms with van der Waals surface area (Å²) in [5.41, 5.74) is 0.673. The number of ether oxygens (including phenoxy) is 1. The van der Waals surface area contributed by atoms with Gasteiger partial charge in [0.15, 0.2) is 0 Å². The highest BCUT2D eigenvalue weighted by molar-refractivity contribution is 7.18. The highest BCUT2D eigenvalue weighted by Gasteiger charge is 2.18. The van der Waals surface area contributed by atoms with Gasteiger partial charge in [0.1, 0.15) is 4.88 Å². The van der Waals surface area contributed by atoms with E-state index in [2.05, 4.69) is 5.32 Å². The molecule has 1 aromatic rings. The lowest BCUT2D eigenvalue weighted by Crippen LogP contribution is -2.14. The van der Waals surface area contributed by atoms with Crippen molar-refractivity contribution in [2.45, 2.75) is 38.7 Å². The number of carboxylic acid groups (broad SMARTS) is 1. The lowest BCUT2D eigenvalue weighted by molar-refractivity contribution is -0.116. The number of rotatable bonds is 5. The molecule has 19 heavy (non-hydrogen) atoms. The Labute approximate surface area is 115 Å². The van der Waals surface area contributed by atoms with Crippen molar-refractivity contribution in [3.8, 4) is 0 Å². The molecule has 1 saturated heterocycles. The Hall–Kier alpha value is -1.40. The van der Waals surface area contributed by atoms with Gasteiger partial charge in [-0.1, -0.05) is 0 Å². The molecule has 1 fully saturated rings. The van der Waals surface area contributed by atoms with Crippen LogP contribution in [0.25, 0.3) is 0 Å². The summed E-state index contributed by atoms with van der Waals surface area (Å²) in [5.74, 6) is -1.05. The zero-order chi connectivity index (χ0) is 13.8. The molecule has 2 heterocycles. The maximum atomic E-state index is 11.8. The summed E-state index contributed by atoms with van der Waals surface area (Å²) in [6.07, 6.45) is 3.42. The molecule has 0 aromatic carbocycles. The maximum absolute atomic E-state index is 11.8. The number of amides is 1. The molecule has 2 N–H and O–H groups in total. The smallest absolute Gasteiger partial charge is 0.346 e. The van der Waals surface area contributed by atoms with Gasteiger partial charge in [0.05, 0.1) is 11.1 Å². The molecule has 1 atom stereocenters. The van der Waals surface area contributed by atoms with Gasteiger partial charge in [-0.15, -0.1) is 11.3 Å². The average Bonchev–Trinajstić information content (AvgIpc) is 2.96. The quantitative estimate of drug-likeness (QED) is 0.871. The molecule has 0 saturated carbocycles. The van der Waals surface area contributed by atoms with Crippen LogP contribution in [0.1, 0.15) is 40.9 Å². The van der Waals surface area contributed by atoms with Gasteiger partial charge in [0.2, 0.25) is 5.91 Å². The van der Waals surface area contributed by atoms with Crippen molar-refractivity contribution in [2.75, 3.05) is 11.9 Å². The van der Waals surface area contributed by atoms with Crippen LogP contribution in [0.15, 0.2) is 6.07 Å². The zero-order valence-corrected chi connectivity index (χ0v) is 11.6. The van der Waals surface area contributed by atoms with Crippen molar-refractivity contribution in [1.82, 2.24) is 0 Å². The van der Waals surface area contributed by atoms with E-state index in [0.717, 1.165) is 37.2 Å². The summed E-state index contributed by atoms with van der Waals surface area (Å²) in [7, 11) is 0. The van der Waals surface area contributed by atoms with Crippen LogP contribution in [0.5, 0.6) is 0 Å². The molecule has 1 aromatic heterocycles. The molecule has 104 valence electrons. The van der Waals surface area contributed by atoms with Gasteiger partial charge in [0, 0.05) is 13.0 Å². The average molecular weight is 283 g/mol. The Kier molecular flexibility index (Phi) is 4.55. The molecule has 1 aliphatic heterocycles. The lowest BCUT2D eigenvalue weighted by atomic mass is 10.1. The highest BCUT2D eigenvalue weighted by Crippen LogP contribution is 2.27. The van der Waals surface area contributed by atoms with Crippen molar-refractivity contribution in [2.24, 2.45) is 0 Å². The second-order valence-corrected chi connectivity index (χ2v) is 5.70. The van der Waals surface area contributed by atoms with Gasteiger partial charge in [0.25, 0.3) is 0 Å². The molecule has 0 aliphatic carbocycles. The first kappa shape index (κ1) is 14.0. The predicted octanol–water partition coefficient (Wildman–Crippen LogP) is 2.65. The van der Waals surface area contributed by atoms with Gasteiger partial charge < -0.3 is 15.2 Å². The van der Waals surface area contributed by atoms with Crippen LogP contribution < -0.4 is 5.32 Å². The lowest BCUT2D eigenvalue weighted by Gasteiger charge is -2.08. The van der Waals surface area contributed by atoms with Crippen LogP contribution in [0.2, 0.25) is 0 Å². The van der Waals surface area contributed by atoms with Crippen LogP contribution in [-0.2, 0) is 9.53 Å². The normalized spacial score (nSPS) is 18.5. The highest BCUT2D eigenvalue weighted by atomic mass is 32.1. The predicted molar refractivity (Wildman–Crippen MR) is 72.9 cm³/mol. The fourth-order valence-electron chi connectivity index (χ4n) is 2.12. The van der Waals surface area contributed by atoms with E-state index in [-0.39, 0.29) is 16.9 Å². The Morgan fingerprint density at radius 2 is 2.37 bits per heavy atom. The largest absolute Gasteiger partial charge is 0.477 e. The minimum Gasteiger partial charge on any atom is -0.477 e. The molecule has 1 amide bonds. The van der Waals surface area contributed by atoms with E-state index in [1.54, 1.807) is 13.0 Å². The van der Waals surface area contributed by atoms with Crippen LogP contribution in [0.4, 0.5) is 5.00 Å². The fraction of sp³-hybridized carbons (Fsp3) is 0.538. The number of nitrogens with one attached hydrogen (secondary N) is 1. The molecule has 6 heteroatoms. The third-order valence-electron chi connectivity index (χ3n) is 3.09. The fourth-order valence-corrected chi connectivity index (χ4v) is 3.05. The first-order valence-electron chi connectivity index (χ1n) is 6.31. The molecule has 5 nitrogen and oxygen atoms in total. The van der Waals surface area contributed by atoms with E-state index in [0.29, 0.717) is 17.0 Å². The Balaban J connectivity index is 1.84. The molecule has 0 spiro atoms. The summed E-state index contributed by atoms with van der Waals surface area (Å²) in [4.78, 5) is 22.9. The maximum Gasteiger partial charge on any atom is 0.346 e. The number of anilines is 1. The number of aryl methyl sites for hydroxylation is 1. The summed E-state index contributed by atoms with van der Waals surface area (Å²) >= 11 is 1.09. The summed E-state index contributed by atoms with van der Waals surface area (Å²) < 4.78 is 5.45. The second kappa shape index (κ2) is 6.16. The van der Waals surface area contributed by atoms with Crippen LogP contribution in [0.3, 0.4) is 0 Å². The minimum absolute atomic E-state index is 0.0892. The van der Waals surface area contributed by atoms with Gasteiger partial charge in [-0.3, -0.25) is 4.79 Å². The van der Waals surface area contributed by atoms with E-state index in [9.17, 15) is 9.59 Å². The van der Waals surface area contributed by atoms with Crippen molar-refractivity contribution in [3.05, 3.63) is 16.5 Å². The van der Waals surface area contributed by atoms with E-state index >= 15 is 0 Å². The summed E-state index contributed by atoms with van der Waals surface area (Å²) in [5, 5.41) is 12.3. The van der Waals surface area contributed by atoms with E-state index in [1.165, 1.54) is 0 Å². The number of carboxylic acids is 1. The molecule has 0 bridgehead atoms. The van der Waals surface area contributed by atoms with Gasteiger partial charge in [-0.05, 0) is 37.8 Å². The second-order valence-electron chi connectivity index (χ2n) is 4.65. The summed E-state index contributed by atoms with van der Waals surface area (Å²) in [6, 6.07) is 1.69. The topological polar surface area (TPSA) is 75.6 Å². The molecule has 1 aliphatic rings. The van der Waals surface area contributed by atoms with E-state index in [4.69, 9.17) is 9.84 Å². The van der Waals surface area contributed by atoms with Gasteiger partial charge in [-0.25, -0.2) is 4.79 Å². The van der Waals surface area contributed by atoms with Crippen LogP contribution in [-0.4, -0.2) is 29.7 Å². The number of hydrogen-bond donors (Lipinski definition) is 2. The molecular weight excluding hydrogens is 266 g/mol. The Morgan fingerprint density at radius 3 is 2.95 bits per heavy atom. The first-order valence-corrected chi connectivity index (χ1v) is 7.13. The van der Waals surface area contributed by atoms with Gasteiger partial charge >= 0.3 is 5.97 Å². The monoisotopic (exact) mass is 283 g/mol. The van der Waals surface area contributed by atoms with Crippen molar-refractivity contribution in [3.63, 3.8) is 0 Å². The number of carbonyl (C=O) groups excluding carboxylic acids is 1. The number of carbonyl (C=O) groups is 2. The molecule has 2 rings (SSSR count). The molecular formula is C13H17NO4S. The van der Waals surface area contributed by atoms with Gasteiger partial charge in [-0.2, -0.15) is 0 Å². The SMILES string of the molecule is Cc1cc(NC(=O)CCC2CCCO2)sc1C(=O)O. The third-order valence-corrected chi connectivity index (χ3v) is 4.23. The van der Waals surface area contributed by atoms with E-state index in [1.807, 2.05) is 0 Å². The standard InChI is InChI=1S/C13H17NO4S/c1-8-7-11(19-12(8)13(16)17)14-10(15)5-4-9-3-2-6-18-9/h7,9H,2-6H2,1H3,(H,14,15)(H,16,17). The Bertz CT molecular complexity index is 477. The zero-order valence-electron chi connectivity index (χ0n) is 10.8. The third kappa shape index (κ3) is 3.78. The number of thiophene rings is 1. The first-order chi connectivity index (χ1) is 9.06. The van der Waals surface area contributed by atoms with Crippen molar-refractivity contribution >= 4 is 28.2 Å². The summed E-state index contributed by atoms with van der Waals surface area (Å²) in [6.45, 7) is 2.51. The molecule has 1 unspecified atom stereocenters. The molecule has 0 radical (unpaired) electrons. The van der Waals surface area contributed by atoms with E-state index < -0.39 is 5.97 Å². The number of hydrogen-bond acceptors (Lipinski definition) is 4. The van der Waals surface area contributed by atoms with Crippen LogP contribution >= 0.6 is 11.3 Å². The van der Waals surface area contributed by atoms with Crippen molar-refractivity contribution in [1.29, 1.82) is 0 Å². The number of aromatic carboxylic acids is 1. The Morgan fingerprint density at radius 1 is 1.58 bits per heavy atom.